The number of carbonyl (C=O) groups excluding carboxylic acids is 1. The number of rotatable bonds is 5. The summed E-state index contributed by atoms with van der Waals surface area (Å²) in [5.74, 6) is 4.61. The molecule has 4 N–H and O–H groups in total. The molecule has 1 aromatic heterocycles. The van der Waals surface area contributed by atoms with Gasteiger partial charge < -0.3 is 5.43 Å². The molecule has 1 heterocycles. The fourth-order valence-corrected chi connectivity index (χ4v) is 2.25. The molecule has 110 valence electrons. The first kappa shape index (κ1) is 14.8. The predicted octanol–water partition coefficient (Wildman–Crippen LogP) is 1.55. The summed E-state index contributed by atoms with van der Waals surface area (Å²) in [6, 6.07) is 3.92. The molecule has 0 aliphatic carbocycles. The maximum absolute atomic E-state index is 12.2. The first-order valence-electron chi connectivity index (χ1n) is 5.94. The van der Waals surface area contributed by atoms with Crippen LogP contribution in [0.15, 0.2) is 18.2 Å². The third-order valence-electron chi connectivity index (χ3n) is 2.59. The van der Waals surface area contributed by atoms with E-state index in [1.165, 1.54) is 29.5 Å². The van der Waals surface area contributed by atoms with Crippen molar-refractivity contribution >= 4 is 33.8 Å². The Morgan fingerprint density at radius 2 is 2.24 bits per heavy atom. The molecular weight excluding hydrogens is 296 g/mol. The average Bonchev–Trinajstić information content (AvgIpc) is 2.94. The zero-order valence-electron chi connectivity index (χ0n) is 11.0. The second-order valence-electron chi connectivity index (χ2n) is 3.94. The minimum Gasteiger partial charge on any atom is -0.324 e. The Bertz CT molecular complexity index is 686. The summed E-state index contributed by atoms with van der Waals surface area (Å²) in [5.41, 5.74) is 2.30. The zero-order valence-corrected chi connectivity index (χ0v) is 11.8. The molecule has 2 aromatic rings. The molecule has 10 heteroatoms. The van der Waals surface area contributed by atoms with Crippen LogP contribution in [0.5, 0.6) is 0 Å². The van der Waals surface area contributed by atoms with Gasteiger partial charge in [0.15, 0.2) is 0 Å². The molecule has 9 nitrogen and oxygen atoms in total. The Kier molecular flexibility index (Phi) is 4.40. The SMILES string of the molecule is CCc1nnc(NC(=O)c2cc(NN)ccc2[N+](=O)[O-])s1. The molecule has 0 aliphatic rings. The molecule has 0 aliphatic heterocycles. The minimum absolute atomic E-state index is 0.108. The molecule has 0 bridgehead atoms. The van der Waals surface area contributed by atoms with Crippen LogP contribution >= 0.6 is 11.3 Å². The summed E-state index contributed by atoms with van der Waals surface area (Å²) in [6.45, 7) is 1.91. The molecule has 0 saturated carbocycles. The smallest absolute Gasteiger partial charge is 0.282 e. The summed E-state index contributed by atoms with van der Waals surface area (Å²) in [7, 11) is 0. The number of nitrogen functional groups attached to an aromatic ring is 1. The number of hydrogen-bond donors (Lipinski definition) is 3. The number of carbonyl (C=O) groups is 1. The molecule has 0 saturated heterocycles. The number of nitrogens with two attached hydrogens (primary N) is 1. The predicted molar refractivity (Wildman–Crippen MR) is 78.1 cm³/mol. The fourth-order valence-electron chi connectivity index (χ4n) is 1.58. The van der Waals surface area contributed by atoms with Gasteiger partial charge in [0.05, 0.1) is 4.92 Å². The van der Waals surface area contributed by atoms with Crippen LogP contribution in [-0.2, 0) is 6.42 Å². The Balaban J connectivity index is 2.30. The highest BCUT2D eigenvalue weighted by Gasteiger charge is 2.21. The molecule has 0 fully saturated rings. The van der Waals surface area contributed by atoms with E-state index in [-0.39, 0.29) is 16.4 Å². The van der Waals surface area contributed by atoms with Crippen LogP contribution in [0.25, 0.3) is 0 Å². The number of hydrogen-bond acceptors (Lipinski definition) is 8. The highest BCUT2D eigenvalue weighted by atomic mass is 32.1. The molecule has 1 aromatic carbocycles. The minimum atomic E-state index is -0.641. The standard InChI is InChI=1S/C11H12N6O3S/c1-2-9-15-16-11(21-9)13-10(18)7-5-6(14-12)3-4-8(7)17(19)20/h3-5,14H,2,12H2,1H3,(H,13,16,18). The maximum Gasteiger partial charge on any atom is 0.282 e. The number of aromatic nitrogens is 2. The Labute approximate surface area is 123 Å². The highest BCUT2D eigenvalue weighted by molar-refractivity contribution is 7.15. The molecule has 21 heavy (non-hydrogen) atoms. The largest absolute Gasteiger partial charge is 0.324 e. The second kappa shape index (κ2) is 6.24. The average molecular weight is 308 g/mol. The van der Waals surface area contributed by atoms with Crippen LogP contribution in [-0.4, -0.2) is 21.0 Å². The lowest BCUT2D eigenvalue weighted by atomic mass is 10.1. The lowest BCUT2D eigenvalue weighted by Crippen LogP contribution is -2.15. The van der Waals surface area contributed by atoms with Crippen molar-refractivity contribution in [1.29, 1.82) is 0 Å². The number of nitrogens with zero attached hydrogens (tertiary/aromatic N) is 3. The van der Waals surface area contributed by atoms with E-state index in [4.69, 9.17) is 5.84 Å². The molecule has 0 radical (unpaired) electrons. The number of nitrogens with one attached hydrogen (secondary N) is 2. The Morgan fingerprint density at radius 3 is 2.81 bits per heavy atom. The summed E-state index contributed by atoms with van der Waals surface area (Å²) in [5, 5.41) is 22.2. The van der Waals surface area contributed by atoms with E-state index in [0.29, 0.717) is 12.1 Å². The second-order valence-corrected chi connectivity index (χ2v) is 5.00. The molecular formula is C11H12N6O3S. The zero-order chi connectivity index (χ0) is 15.4. The van der Waals surface area contributed by atoms with Gasteiger partial charge in [-0.1, -0.05) is 18.3 Å². The maximum atomic E-state index is 12.2. The topological polar surface area (TPSA) is 136 Å². The van der Waals surface area contributed by atoms with Crippen LogP contribution in [0.1, 0.15) is 22.3 Å². The van der Waals surface area contributed by atoms with Crippen molar-refractivity contribution < 1.29 is 9.72 Å². The fraction of sp³-hybridized carbons (Fsp3) is 0.182. The number of hydrazine groups is 1. The van der Waals surface area contributed by atoms with Crippen molar-refractivity contribution in [3.63, 3.8) is 0 Å². The number of nitro benzene ring substituents is 1. The highest BCUT2D eigenvalue weighted by Crippen LogP contribution is 2.24. The van der Waals surface area contributed by atoms with Crippen LogP contribution in [0.4, 0.5) is 16.5 Å². The summed E-state index contributed by atoms with van der Waals surface area (Å²) in [4.78, 5) is 22.5. The van der Waals surface area contributed by atoms with E-state index < -0.39 is 10.8 Å². The lowest BCUT2D eigenvalue weighted by molar-refractivity contribution is -0.385. The van der Waals surface area contributed by atoms with Gasteiger partial charge in [-0.05, 0) is 18.6 Å². The Hall–Kier alpha value is -2.59. The van der Waals surface area contributed by atoms with Crippen LogP contribution in [0.2, 0.25) is 0 Å². The third kappa shape index (κ3) is 3.30. The van der Waals surface area contributed by atoms with E-state index in [1.807, 2.05) is 6.92 Å². The van der Waals surface area contributed by atoms with E-state index in [9.17, 15) is 14.9 Å². The van der Waals surface area contributed by atoms with Gasteiger partial charge >= 0.3 is 0 Å². The Morgan fingerprint density at radius 1 is 1.48 bits per heavy atom. The van der Waals surface area contributed by atoms with Crippen LogP contribution in [0.3, 0.4) is 0 Å². The van der Waals surface area contributed by atoms with Crippen LogP contribution in [0, 0.1) is 10.1 Å². The summed E-state index contributed by atoms with van der Waals surface area (Å²) >= 11 is 1.22. The number of nitro groups is 1. The van der Waals surface area contributed by atoms with Gasteiger partial charge in [0.1, 0.15) is 10.6 Å². The summed E-state index contributed by atoms with van der Waals surface area (Å²) < 4.78 is 0. The van der Waals surface area contributed by atoms with Crippen molar-refractivity contribution in [2.24, 2.45) is 5.84 Å². The van der Waals surface area contributed by atoms with Crippen molar-refractivity contribution in [3.05, 3.63) is 38.9 Å². The molecule has 0 unspecified atom stereocenters. The van der Waals surface area contributed by atoms with Crippen LogP contribution < -0.4 is 16.6 Å². The van der Waals surface area contributed by atoms with Crippen molar-refractivity contribution in [3.8, 4) is 0 Å². The van der Waals surface area contributed by atoms with Gasteiger partial charge in [0.2, 0.25) is 5.13 Å². The van der Waals surface area contributed by atoms with Crippen molar-refractivity contribution in [2.45, 2.75) is 13.3 Å². The molecule has 0 atom stereocenters. The van der Waals surface area contributed by atoms with Gasteiger partial charge in [-0.25, -0.2) is 0 Å². The van der Waals surface area contributed by atoms with Crippen molar-refractivity contribution in [1.82, 2.24) is 10.2 Å². The number of aryl methyl sites for hydroxylation is 1. The van der Waals surface area contributed by atoms with Gasteiger partial charge in [-0.2, -0.15) is 0 Å². The van der Waals surface area contributed by atoms with Gasteiger partial charge in [0, 0.05) is 11.8 Å². The van der Waals surface area contributed by atoms with Crippen molar-refractivity contribution in [2.75, 3.05) is 10.7 Å². The number of benzene rings is 1. The van der Waals surface area contributed by atoms with E-state index >= 15 is 0 Å². The van der Waals surface area contributed by atoms with E-state index in [0.717, 1.165) is 5.01 Å². The van der Waals surface area contributed by atoms with Gasteiger partial charge in [-0.3, -0.25) is 26.1 Å². The first-order valence-corrected chi connectivity index (χ1v) is 6.75. The normalized spacial score (nSPS) is 10.2. The van der Waals surface area contributed by atoms with Gasteiger partial charge in [0.25, 0.3) is 11.6 Å². The molecule has 2 rings (SSSR count). The molecule has 0 spiro atoms. The number of anilines is 2. The summed E-state index contributed by atoms with van der Waals surface area (Å²) in [6.07, 6.45) is 0.695. The van der Waals surface area contributed by atoms with Gasteiger partial charge in [-0.15, -0.1) is 10.2 Å². The number of amides is 1. The monoisotopic (exact) mass is 308 g/mol. The van der Waals surface area contributed by atoms with E-state index in [1.54, 1.807) is 0 Å². The molecule has 1 amide bonds. The third-order valence-corrected chi connectivity index (χ3v) is 3.58. The first-order chi connectivity index (χ1) is 10.0. The lowest BCUT2D eigenvalue weighted by Gasteiger charge is -2.05. The quantitative estimate of drug-likeness (QED) is 0.433. The van der Waals surface area contributed by atoms with E-state index in [2.05, 4.69) is 20.9 Å².